The molecule has 0 fully saturated rings. The van der Waals surface area contributed by atoms with Gasteiger partial charge in [0.2, 0.25) is 0 Å². The Balaban J connectivity index is 1.99. The van der Waals surface area contributed by atoms with Crippen molar-refractivity contribution in [1.29, 1.82) is 0 Å². The second-order valence-electron chi connectivity index (χ2n) is 5.54. The minimum Gasteiger partial charge on any atom is -0.387 e. The number of nitrogens with zero attached hydrogens (tertiary/aromatic N) is 2. The van der Waals surface area contributed by atoms with Gasteiger partial charge in [0.25, 0.3) is 0 Å². The molecule has 0 bridgehead atoms. The molecule has 0 radical (unpaired) electrons. The topological polar surface area (TPSA) is 50.1 Å². The number of rotatable bonds is 5. The highest BCUT2D eigenvalue weighted by Crippen LogP contribution is 2.30. The molecule has 0 aliphatic carbocycles. The molecule has 4 nitrogen and oxygen atoms in total. The zero-order chi connectivity index (χ0) is 17.2. The summed E-state index contributed by atoms with van der Waals surface area (Å²) in [7, 11) is 1.85. The summed E-state index contributed by atoms with van der Waals surface area (Å²) < 4.78 is 39.8. The molecule has 1 aromatic carbocycles. The van der Waals surface area contributed by atoms with Gasteiger partial charge in [-0.25, -0.2) is 0 Å². The van der Waals surface area contributed by atoms with Crippen molar-refractivity contribution in [3.63, 3.8) is 0 Å². The zero-order valence-corrected chi connectivity index (χ0v) is 13.3. The quantitative estimate of drug-likeness (QED) is 0.888. The van der Waals surface area contributed by atoms with Gasteiger partial charge < -0.3 is 10.4 Å². The second-order valence-corrected chi connectivity index (χ2v) is 5.54. The number of aryl methyl sites for hydroxylation is 2. The summed E-state index contributed by atoms with van der Waals surface area (Å²) in [5.41, 5.74) is 2.43. The van der Waals surface area contributed by atoms with Crippen molar-refractivity contribution in [2.24, 2.45) is 7.05 Å². The molecule has 0 saturated heterocycles. The summed E-state index contributed by atoms with van der Waals surface area (Å²) in [5.74, 6) is 0. The monoisotopic (exact) mass is 327 g/mol. The summed E-state index contributed by atoms with van der Waals surface area (Å²) in [6, 6.07) is 4.76. The molecule has 0 aliphatic rings. The van der Waals surface area contributed by atoms with E-state index in [-0.39, 0.29) is 12.1 Å². The number of aliphatic hydroxyl groups excluding tert-OH is 1. The Morgan fingerprint density at radius 3 is 2.57 bits per heavy atom. The molecule has 2 N–H and O–H groups in total. The van der Waals surface area contributed by atoms with Gasteiger partial charge in [-0.2, -0.15) is 18.3 Å². The Morgan fingerprint density at radius 2 is 2.00 bits per heavy atom. The number of hydrogen-bond donors (Lipinski definition) is 2. The highest BCUT2D eigenvalue weighted by atomic mass is 19.4. The van der Waals surface area contributed by atoms with Gasteiger partial charge in [-0.05, 0) is 31.5 Å². The molecule has 2 rings (SSSR count). The maximum atomic E-state index is 12.7. The fraction of sp³-hybridized carbons (Fsp3) is 0.438. The number of nitrogens with one attached hydrogen (secondary N) is 1. The molecule has 1 aromatic heterocycles. The fourth-order valence-electron chi connectivity index (χ4n) is 2.45. The highest BCUT2D eigenvalue weighted by molar-refractivity contribution is 5.27. The van der Waals surface area contributed by atoms with Crippen LogP contribution in [0, 0.1) is 13.8 Å². The van der Waals surface area contributed by atoms with E-state index in [2.05, 4.69) is 10.4 Å². The number of aromatic nitrogens is 2. The molecule has 1 heterocycles. The maximum absolute atomic E-state index is 12.7. The van der Waals surface area contributed by atoms with Crippen LogP contribution in [0.1, 0.15) is 34.2 Å². The van der Waals surface area contributed by atoms with Crippen LogP contribution in [0.4, 0.5) is 13.2 Å². The molecule has 0 spiro atoms. The van der Waals surface area contributed by atoms with E-state index in [1.54, 1.807) is 4.68 Å². The number of halogens is 3. The third-order valence-corrected chi connectivity index (χ3v) is 3.90. The largest absolute Gasteiger partial charge is 0.416 e. The first-order valence-corrected chi connectivity index (χ1v) is 7.25. The predicted molar refractivity (Wildman–Crippen MR) is 80.8 cm³/mol. The lowest BCUT2D eigenvalue weighted by atomic mass is 10.1. The lowest BCUT2D eigenvalue weighted by Gasteiger charge is -2.14. The van der Waals surface area contributed by atoms with Crippen LogP contribution < -0.4 is 5.32 Å². The maximum Gasteiger partial charge on any atom is 0.416 e. The van der Waals surface area contributed by atoms with Crippen LogP contribution in [0.3, 0.4) is 0 Å². The van der Waals surface area contributed by atoms with E-state index in [1.165, 1.54) is 12.1 Å². The molecule has 126 valence electrons. The summed E-state index contributed by atoms with van der Waals surface area (Å²) >= 11 is 0. The number of aliphatic hydroxyl groups is 1. The zero-order valence-electron chi connectivity index (χ0n) is 13.3. The average Bonchev–Trinajstić information content (AvgIpc) is 2.72. The minimum absolute atomic E-state index is 0.162. The molecule has 23 heavy (non-hydrogen) atoms. The smallest absolute Gasteiger partial charge is 0.387 e. The van der Waals surface area contributed by atoms with E-state index in [0.29, 0.717) is 6.54 Å². The Bertz CT molecular complexity index is 680. The van der Waals surface area contributed by atoms with Gasteiger partial charge in [0.1, 0.15) is 0 Å². The molecule has 1 unspecified atom stereocenters. The number of alkyl halides is 3. The van der Waals surface area contributed by atoms with Gasteiger partial charge in [-0.3, -0.25) is 4.68 Å². The van der Waals surface area contributed by atoms with Gasteiger partial charge in [-0.1, -0.05) is 12.1 Å². The van der Waals surface area contributed by atoms with Crippen molar-refractivity contribution < 1.29 is 18.3 Å². The van der Waals surface area contributed by atoms with Gasteiger partial charge in [0.15, 0.2) is 0 Å². The Morgan fingerprint density at radius 1 is 1.30 bits per heavy atom. The highest BCUT2D eigenvalue weighted by Gasteiger charge is 2.30. The predicted octanol–water partition coefficient (Wildman–Crippen LogP) is 2.88. The van der Waals surface area contributed by atoms with Crippen molar-refractivity contribution in [3.05, 3.63) is 52.3 Å². The van der Waals surface area contributed by atoms with Gasteiger partial charge in [0.05, 0.1) is 17.4 Å². The van der Waals surface area contributed by atoms with Crippen molar-refractivity contribution in [3.8, 4) is 0 Å². The summed E-state index contributed by atoms with van der Waals surface area (Å²) in [6.45, 7) is 4.50. The van der Waals surface area contributed by atoms with Crippen molar-refractivity contribution in [1.82, 2.24) is 15.1 Å². The molecule has 1 atom stereocenters. The third-order valence-electron chi connectivity index (χ3n) is 3.90. The van der Waals surface area contributed by atoms with Crippen LogP contribution in [-0.4, -0.2) is 21.4 Å². The van der Waals surface area contributed by atoms with Crippen molar-refractivity contribution in [2.75, 3.05) is 6.54 Å². The van der Waals surface area contributed by atoms with Crippen molar-refractivity contribution in [2.45, 2.75) is 32.7 Å². The van der Waals surface area contributed by atoms with Crippen molar-refractivity contribution >= 4 is 0 Å². The molecule has 0 saturated carbocycles. The molecule has 2 aromatic rings. The van der Waals surface area contributed by atoms with E-state index in [0.717, 1.165) is 29.1 Å². The van der Waals surface area contributed by atoms with E-state index in [9.17, 15) is 18.3 Å². The third kappa shape index (κ3) is 4.11. The van der Waals surface area contributed by atoms with Crippen LogP contribution in [0.5, 0.6) is 0 Å². The number of hydrogen-bond acceptors (Lipinski definition) is 3. The van der Waals surface area contributed by atoms with Crippen LogP contribution in [-0.2, 0) is 19.8 Å². The summed E-state index contributed by atoms with van der Waals surface area (Å²) in [4.78, 5) is 0. The Hall–Kier alpha value is -1.86. The first-order valence-electron chi connectivity index (χ1n) is 7.25. The van der Waals surface area contributed by atoms with Crippen LogP contribution in [0.25, 0.3) is 0 Å². The normalized spacial score (nSPS) is 13.3. The Labute approximate surface area is 132 Å². The molecular formula is C16H20F3N3O. The van der Waals surface area contributed by atoms with Crippen LogP contribution >= 0.6 is 0 Å². The van der Waals surface area contributed by atoms with Gasteiger partial charge >= 0.3 is 6.18 Å². The van der Waals surface area contributed by atoms with Crippen LogP contribution in [0.2, 0.25) is 0 Å². The summed E-state index contributed by atoms with van der Waals surface area (Å²) in [5, 5.41) is 17.4. The average molecular weight is 327 g/mol. The van der Waals surface area contributed by atoms with E-state index in [1.807, 2.05) is 20.9 Å². The Kier molecular flexibility index (Phi) is 5.11. The molecule has 7 heteroatoms. The minimum atomic E-state index is -4.41. The second kappa shape index (κ2) is 6.72. The summed E-state index contributed by atoms with van der Waals surface area (Å²) in [6.07, 6.45) is -5.41. The first kappa shape index (κ1) is 17.5. The molecule has 0 aliphatic heterocycles. The lowest BCUT2D eigenvalue weighted by molar-refractivity contribution is -0.137. The van der Waals surface area contributed by atoms with E-state index in [4.69, 9.17) is 0 Å². The standard InChI is InChI=1S/C16H20F3N3O/c1-10-14(11(2)22(3)21-10)8-20-9-15(23)12-5-4-6-13(7-12)16(17,18)19/h4-7,15,20,23H,8-9H2,1-3H3. The van der Waals surface area contributed by atoms with Gasteiger partial charge in [-0.15, -0.1) is 0 Å². The molecular weight excluding hydrogens is 307 g/mol. The van der Waals surface area contributed by atoms with E-state index < -0.39 is 17.8 Å². The number of benzene rings is 1. The fourth-order valence-corrected chi connectivity index (χ4v) is 2.45. The van der Waals surface area contributed by atoms with E-state index >= 15 is 0 Å². The van der Waals surface area contributed by atoms with Gasteiger partial charge in [0, 0.05) is 31.4 Å². The van der Waals surface area contributed by atoms with Crippen LogP contribution in [0.15, 0.2) is 24.3 Å². The lowest BCUT2D eigenvalue weighted by Crippen LogP contribution is -2.22. The SMILES string of the molecule is Cc1nn(C)c(C)c1CNCC(O)c1cccc(C(F)(F)F)c1. The first-order chi connectivity index (χ1) is 10.7. The molecule has 0 amide bonds.